The minimum atomic E-state index is -4.96. The third-order valence-corrected chi connectivity index (χ3v) is 19.9. The minimum Gasteiger partial charge on any atom is -0.462 e. The standard InChI is InChI=1S/C77H146O17P2/c1-8-11-12-13-14-15-16-17-22-26-29-32-35-46-53-60-76(81)93-72(64-87-74(79)58-51-44-39-37-42-49-56-69(6)9-2)66-91-95(83,84)89-62-71(78)63-90-96(85,86)92-67-73(65-88-75(80)59-52-45-40-38-43-50-57-70(7)10-3)94-77(82)61-54-47-36-33-30-27-24-21-19-18-20-23-25-28-31-34-41-48-55-68(4)5/h15-17,22,68-73,78H,8-14,18-21,23-67H2,1-7H3,(H,83,84)(H,85,86)/b16-15-,22-17-/t69?,70?,71-,72+,73+/m0/s1. The van der Waals surface area contributed by atoms with E-state index in [0.717, 1.165) is 133 Å². The summed E-state index contributed by atoms with van der Waals surface area (Å²) in [6, 6.07) is 0. The van der Waals surface area contributed by atoms with E-state index in [9.17, 15) is 43.2 Å². The maximum Gasteiger partial charge on any atom is 0.472 e. The summed E-state index contributed by atoms with van der Waals surface area (Å²) in [5, 5.41) is 10.6. The van der Waals surface area contributed by atoms with Crippen LogP contribution in [0, 0.1) is 17.8 Å². The molecule has 566 valence electrons. The summed E-state index contributed by atoms with van der Waals surface area (Å²) in [5.74, 6) is 0.124. The molecular formula is C77H146O17P2. The highest BCUT2D eigenvalue weighted by atomic mass is 31.2. The molecule has 0 saturated heterocycles. The van der Waals surface area contributed by atoms with Crippen molar-refractivity contribution in [3.05, 3.63) is 24.3 Å². The van der Waals surface area contributed by atoms with Crippen LogP contribution in [0.15, 0.2) is 24.3 Å². The first kappa shape index (κ1) is 93.5. The zero-order valence-corrected chi connectivity index (χ0v) is 64.1. The predicted molar refractivity (Wildman–Crippen MR) is 390 cm³/mol. The molecule has 0 aromatic heterocycles. The van der Waals surface area contributed by atoms with E-state index in [1.807, 2.05) is 0 Å². The summed E-state index contributed by atoms with van der Waals surface area (Å²) in [7, 11) is -9.93. The van der Waals surface area contributed by atoms with Crippen molar-refractivity contribution >= 4 is 39.5 Å². The number of carbonyl (C=O) groups is 4. The van der Waals surface area contributed by atoms with Gasteiger partial charge in [-0.1, -0.05) is 317 Å². The van der Waals surface area contributed by atoms with Gasteiger partial charge in [-0.3, -0.25) is 37.3 Å². The largest absolute Gasteiger partial charge is 0.472 e. The molecule has 0 saturated carbocycles. The fourth-order valence-corrected chi connectivity index (χ4v) is 12.8. The van der Waals surface area contributed by atoms with Gasteiger partial charge in [0.25, 0.3) is 0 Å². The lowest BCUT2D eigenvalue weighted by Gasteiger charge is -2.21. The van der Waals surface area contributed by atoms with Crippen LogP contribution in [0.4, 0.5) is 0 Å². The highest BCUT2D eigenvalue weighted by molar-refractivity contribution is 7.47. The quantitative estimate of drug-likeness (QED) is 0.0169. The van der Waals surface area contributed by atoms with Gasteiger partial charge in [-0.15, -0.1) is 0 Å². The number of phosphoric ester groups is 2. The lowest BCUT2D eigenvalue weighted by atomic mass is 10.00. The van der Waals surface area contributed by atoms with Gasteiger partial charge in [0.05, 0.1) is 26.4 Å². The zero-order chi connectivity index (χ0) is 70.9. The van der Waals surface area contributed by atoms with Crippen LogP contribution in [0.3, 0.4) is 0 Å². The second-order valence-corrected chi connectivity index (χ2v) is 30.9. The van der Waals surface area contributed by atoms with E-state index in [2.05, 4.69) is 72.8 Å². The number of phosphoric acid groups is 2. The molecule has 3 N–H and O–H groups in total. The summed E-state index contributed by atoms with van der Waals surface area (Å²) in [6.45, 7) is 11.8. The molecule has 0 rings (SSSR count). The van der Waals surface area contributed by atoms with Crippen LogP contribution in [0.25, 0.3) is 0 Å². The van der Waals surface area contributed by atoms with Crippen molar-refractivity contribution in [2.75, 3.05) is 39.6 Å². The Labute approximate surface area is 586 Å². The molecule has 96 heavy (non-hydrogen) atoms. The van der Waals surface area contributed by atoms with E-state index >= 15 is 0 Å². The Morgan fingerprint density at radius 1 is 0.344 bits per heavy atom. The number of esters is 4. The Kier molecular flexibility index (Phi) is 65.3. The molecule has 7 atom stereocenters. The van der Waals surface area contributed by atoms with E-state index in [1.54, 1.807) is 0 Å². The average Bonchev–Trinajstić information content (AvgIpc) is 2.41. The van der Waals surface area contributed by atoms with Crippen LogP contribution in [0.5, 0.6) is 0 Å². The van der Waals surface area contributed by atoms with Gasteiger partial charge in [-0.05, 0) is 69.1 Å². The Morgan fingerprint density at radius 3 is 0.927 bits per heavy atom. The smallest absolute Gasteiger partial charge is 0.462 e. The van der Waals surface area contributed by atoms with Crippen LogP contribution >= 0.6 is 15.6 Å². The number of unbranched alkanes of at least 4 members (excludes halogenated alkanes) is 36. The third-order valence-electron chi connectivity index (χ3n) is 18.0. The Morgan fingerprint density at radius 2 is 0.615 bits per heavy atom. The van der Waals surface area contributed by atoms with Crippen LogP contribution in [-0.2, 0) is 65.4 Å². The second-order valence-electron chi connectivity index (χ2n) is 28.0. The van der Waals surface area contributed by atoms with E-state index in [4.69, 9.17) is 37.0 Å². The summed E-state index contributed by atoms with van der Waals surface area (Å²) in [6.07, 6.45) is 56.5. The fourth-order valence-electron chi connectivity index (χ4n) is 11.2. The van der Waals surface area contributed by atoms with Gasteiger partial charge in [0.2, 0.25) is 0 Å². The summed E-state index contributed by atoms with van der Waals surface area (Å²) in [5.41, 5.74) is 0. The molecule has 0 bridgehead atoms. The maximum atomic E-state index is 13.1. The lowest BCUT2D eigenvalue weighted by Crippen LogP contribution is -2.30. The predicted octanol–water partition coefficient (Wildman–Crippen LogP) is 22.1. The third kappa shape index (κ3) is 67.4. The molecule has 19 heteroatoms. The van der Waals surface area contributed by atoms with Gasteiger partial charge in [-0.2, -0.15) is 0 Å². The van der Waals surface area contributed by atoms with Crippen LogP contribution in [0.1, 0.15) is 370 Å². The van der Waals surface area contributed by atoms with Gasteiger partial charge < -0.3 is 33.8 Å². The highest BCUT2D eigenvalue weighted by Crippen LogP contribution is 2.45. The summed E-state index contributed by atoms with van der Waals surface area (Å²) < 4.78 is 68.4. The second kappa shape index (κ2) is 67.1. The van der Waals surface area contributed by atoms with E-state index in [1.165, 1.54) is 154 Å². The number of aliphatic hydroxyl groups excluding tert-OH is 1. The molecule has 0 aliphatic heterocycles. The fraction of sp³-hybridized carbons (Fsp3) is 0.896. The number of hydrogen-bond acceptors (Lipinski definition) is 15. The summed E-state index contributed by atoms with van der Waals surface area (Å²) in [4.78, 5) is 72.7. The Bertz CT molecular complexity index is 1970. The average molecular weight is 1410 g/mol. The molecule has 0 radical (unpaired) electrons. The molecule has 0 spiro atoms. The van der Waals surface area contributed by atoms with E-state index in [0.29, 0.717) is 25.7 Å². The number of aliphatic hydroxyl groups is 1. The molecule has 0 aliphatic carbocycles. The lowest BCUT2D eigenvalue weighted by molar-refractivity contribution is -0.161. The first-order chi connectivity index (χ1) is 46.3. The van der Waals surface area contributed by atoms with Gasteiger partial charge in [0.15, 0.2) is 12.2 Å². The van der Waals surface area contributed by atoms with Crippen molar-refractivity contribution in [2.45, 2.75) is 388 Å². The van der Waals surface area contributed by atoms with Crippen molar-refractivity contribution in [3.63, 3.8) is 0 Å². The first-order valence-electron chi connectivity index (χ1n) is 39.2. The van der Waals surface area contributed by atoms with Crippen LogP contribution in [-0.4, -0.2) is 96.7 Å². The van der Waals surface area contributed by atoms with E-state index < -0.39 is 97.5 Å². The maximum absolute atomic E-state index is 13.1. The van der Waals surface area contributed by atoms with Crippen molar-refractivity contribution < 1.29 is 80.2 Å². The van der Waals surface area contributed by atoms with Gasteiger partial charge in [0, 0.05) is 25.7 Å². The van der Waals surface area contributed by atoms with Crippen molar-refractivity contribution in [1.29, 1.82) is 0 Å². The molecular weight excluding hydrogens is 1260 g/mol. The van der Waals surface area contributed by atoms with Crippen molar-refractivity contribution in [1.82, 2.24) is 0 Å². The summed E-state index contributed by atoms with van der Waals surface area (Å²) >= 11 is 0. The Balaban J connectivity index is 5.22. The first-order valence-corrected chi connectivity index (χ1v) is 42.2. The minimum absolute atomic E-state index is 0.0838. The number of ether oxygens (including phenoxy) is 4. The number of rotatable bonds is 73. The topological polar surface area (TPSA) is 237 Å². The molecule has 0 heterocycles. The number of allylic oxidation sites excluding steroid dienone is 4. The molecule has 17 nitrogen and oxygen atoms in total. The van der Waals surface area contributed by atoms with Gasteiger partial charge >= 0.3 is 39.5 Å². The number of carbonyl (C=O) groups excluding carboxylic acids is 4. The molecule has 0 fully saturated rings. The molecule has 0 aromatic rings. The molecule has 0 aromatic carbocycles. The van der Waals surface area contributed by atoms with Gasteiger partial charge in [0.1, 0.15) is 19.3 Å². The SMILES string of the molecule is CCCCCC/C=C\C=C/CCCCCCCC(=O)O[C@H](COC(=O)CCCCCCCCC(C)CC)COP(=O)(O)OC[C@H](O)COP(=O)(O)OC[C@@H](COC(=O)CCCCCCCCC(C)CC)OC(=O)CCCCCCCCCCCCCCCCCCCCC(C)C. The molecule has 4 unspecified atom stereocenters. The van der Waals surface area contributed by atoms with Crippen molar-refractivity contribution in [3.8, 4) is 0 Å². The number of hydrogen-bond donors (Lipinski definition) is 3. The Hall–Kier alpha value is -2.46. The normalized spacial score (nSPS) is 14.8. The van der Waals surface area contributed by atoms with E-state index in [-0.39, 0.29) is 25.7 Å². The highest BCUT2D eigenvalue weighted by Gasteiger charge is 2.30. The zero-order valence-electron chi connectivity index (χ0n) is 62.3. The van der Waals surface area contributed by atoms with Crippen LogP contribution in [0.2, 0.25) is 0 Å². The van der Waals surface area contributed by atoms with Gasteiger partial charge in [-0.25, -0.2) is 9.13 Å². The molecule has 0 amide bonds. The monoisotopic (exact) mass is 1410 g/mol. The van der Waals surface area contributed by atoms with Crippen LogP contribution < -0.4 is 0 Å². The molecule has 0 aliphatic rings. The van der Waals surface area contributed by atoms with Crippen molar-refractivity contribution in [2.24, 2.45) is 17.8 Å².